The zero-order chi connectivity index (χ0) is 18.6. The fourth-order valence-corrected chi connectivity index (χ4v) is 2.05. The van der Waals surface area contributed by atoms with E-state index >= 15 is 0 Å². The molecule has 0 heterocycles. The molecule has 6 heteroatoms. The van der Waals surface area contributed by atoms with Crippen LogP contribution in [0.3, 0.4) is 0 Å². The summed E-state index contributed by atoms with van der Waals surface area (Å²) in [6.45, 7) is 7.33. The van der Waals surface area contributed by atoms with E-state index in [4.69, 9.17) is 5.73 Å². The summed E-state index contributed by atoms with van der Waals surface area (Å²) in [5.41, 5.74) is 7.09. The molecule has 0 unspecified atom stereocenters. The van der Waals surface area contributed by atoms with E-state index in [-0.39, 0.29) is 12.2 Å². The van der Waals surface area contributed by atoms with Gasteiger partial charge in [0.05, 0.1) is 0 Å². The molecule has 0 saturated heterocycles. The Hall–Kier alpha value is -3.02. The predicted octanol–water partition coefficient (Wildman–Crippen LogP) is 4.49. The van der Waals surface area contributed by atoms with Crippen LogP contribution in [0.1, 0.15) is 16.7 Å². The average molecular weight is 348 g/mol. The van der Waals surface area contributed by atoms with Crippen molar-refractivity contribution in [1.29, 1.82) is 0 Å². The lowest BCUT2D eigenvalue weighted by Crippen LogP contribution is -2.13. The number of allylic oxidation sites excluding steroid dienone is 1. The molecule has 0 bridgehead atoms. The van der Waals surface area contributed by atoms with Crippen LogP contribution >= 0.6 is 0 Å². The summed E-state index contributed by atoms with van der Waals surface area (Å²) in [6, 6.07) is 7.84. The van der Waals surface area contributed by atoms with Gasteiger partial charge in [0.1, 0.15) is 0 Å². The minimum absolute atomic E-state index is 0.0568. The molecule has 0 amide bonds. The molecule has 3 N–H and O–H groups in total. The number of nitrogens with two attached hydrogens (primary N) is 1. The fraction of sp³-hybridized carbons (Fsp3) is 0.0526. The second kappa shape index (κ2) is 7.70. The van der Waals surface area contributed by atoms with Crippen LogP contribution in [-0.4, -0.2) is 0 Å². The molecule has 0 fully saturated rings. The SMILES string of the molecule is C=C(N)/C=C/c1ccc(CNC(=C)c2cc(F)c(F)c(F)c2F)cc1. The van der Waals surface area contributed by atoms with Crippen molar-refractivity contribution in [3.05, 3.63) is 95.2 Å². The topological polar surface area (TPSA) is 38.0 Å². The maximum atomic E-state index is 13.7. The summed E-state index contributed by atoms with van der Waals surface area (Å²) in [5, 5.41) is 2.76. The van der Waals surface area contributed by atoms with E-state index in [1.54, 1.807) is 24.3 Å². The highest BCUT2D eigenvalue weighted by atomic mass is 19.2. The molecule has 2 rings (SSSR count). The lowest BCUT2D eigenvalue weighted by molar-refractivity contribution is 0.407. The highest BCUT2D eigenvalue weighted by molar-refractivity contribution is 5.62. The second-order valence-electron chi connectivity index (χ2n) is 5.33. The van der Waals surface area contributed by atoms with Gasteiger partial charge in [-0.05, 0) is 23.3 Å². The van der Waals surface area contributed by atoms with Gasteiger partial charge in [-0.2, -0.15) is 0 Å². The predicted molar refractivity (Wildman–Crippen MR) is 91.0 cm³/mol. The van der Waals surface area contributed by atoms with Gasteiger partial charge in [-0.3, -0.25) is 0 Å². The first-order valence-corrected chi connectivity index (χ1v) is 7.27. The monoisotopic (exact) mass is 348 g/mol. The zero-order valence-corrected chi connectivity index (χ0v) is 13.3. The van der Waals surface area contributed by atoms with E-state index in [0.29, 0.717) is 11.8 Å². The van der Waals surface area contributed by atoms with Gasteiger partial charge in [-0.1, -0.05) is 43.5 Å². The van der Waals surface area contributed by atoms with E-state index in [1.165, 1.54) is 0 Å². The van der Waals surface area contributed by atoms with Crippen molar-refractivity contribution >= 4 is 11.8 Å². The third-order valence-corrected chi connectivity index (χ3v) is 3.40. The molecule has 0 spiro atoms. The summed E-state index contributed by atoms with van der Waals surface area (Å²) < 4.78 is 53.2. The largest absolute Gasteiger partial charge is 0.399 e. The van der Waals surface area contributed by atoms with Crippen molar-refractivity contribution in [3.63, 3.8) is 0 Å². The van der Waals surface area contributed by atoms with Crippen molar-refractivity contribution in [1.82, 2.24) is 5.32 Å². The molecule has 0 radical (unpaired) electrons. The number of rotatable bonds is 6. The van der Waals surface area contributed by atoms with Crippen LogP contribution in [0.5, 0.6) is 0 Å². The Labute approximate surface area is 143 Å². The van der Waals surface area contributed by atoms with Crippen LogP contribution in [0.4, 0.5) is 17.6 Å². The molecule has 0 aliphatic heterocycles. The van der Waals surface area contributed by atoms with Crippen molar-refractivity contribution < 1.29 is 17.6 Å². The molecule has 2 nitrogen and oxygen atoms in total. The standard InChI is InChI=1S/C19H16F4N2/c1-11(24)3-4-13-5-7-14(8-6-13)10-25-12(2)15-9-16(20)18(22)19(23)17(15)21/h3-9,25H,1-2,10,24H2/b4-3+. The minimum atomic E-state index is -1.87. The van der Waals surface area contributed by atoms with Crippen LogP contribution in [0, 0.1) is 23.3 Å². The number of hydrogen-bond donors (Lipinski definition) is 2. The Morgan fingerprint density at radius 3 is 2.24 bits per heavy atom. The fourth-order valence-electron chi connectivity index (χ4n) is 2.05. The molecule has 0 aliphatic carbocycles. The highest BCUT2D eigenvalue weighted by Crippen LogP contribution is 2.22. The van der Waals surface area contributed by atoms with Crippen molar-refractivity contribution in [3.8, 4) is 0 Å². The van der Waals surface area contributed by atoms with Gasteiger partial charge < -0.3 is 11.1 Å². The molecule has 2 aromatic rings. The lowest BCUT2D eigenvalue weighted by atomic mass is 10.1. The quantitative estimate of drug-likeness (QED) is 0.349. The van der Waals surface area contributed by atoms with Crippen LogP contribution in [0.2, 0.25) is 0 Å². The molecule has 2 aromatic carbocycles. The lowest BCUT2D eigenvalue weighted by Gasteiger charge is -2.12. The van der Waals surface area contributed by atoms with E-state index in [9.17, 15) is 17.6 Å². The minimum Gasteiger partial charge on any atom is -0.399 e. The summed E-state index contributed by atoms with van der Waals surface area (Å²) in [5.74, 6) is -6.68. The van der Waals surface area contributed by atoms with Crippen LogP contribution in [0.15, 0.2) is 55.3 Å². The number of hydrogen-bond acceptors (Lipinski definition) is 2. The maximum absolute atomic E-state index is 13.7. The Balaban J connectivity index is 2.07. The molecule has 130 valence electrons. The Bertz CT molecular complexity index is 839. The van der Waals surface area contributed by atoms with Gasteiger partial charge in [0.2, 0.25) is 0 Å². The zero-order valence-electron chi connectivity index (χ0n) is 13.3. The molecule has 0 aliphatic rings. The molecular weight excluding hydrogens is 332 g/mol. The number of halogens is 4. The first-order chi connectivity index (χ1) is 11.8. The molecule has 0 aromatic heterocycles. The maximum Gasteiger partial charge on any atom is 0.198 e. The molecule has 0 saturated carbocycles. The van der Waals surface area contributed by atoms with E-state index in [2.05, 4.69) is 18.5 Å². The molecular formula is C19H16F4N2. The summed E-state index contributed by atoms with van der Waals surface area (Å²) in [6.07, 6.45) is 3.45. The van der Waals surface area contributed by atoms with Gasteiger partial charge in [0.25, 0.3) is 0 Å². The molecule has 25 heavy (non-hydrogen) atoms. The first-order valence-electron chi connectivity index (χ1n) is 7.27. The smallest absolute Gasteiger partial charge is 0.198 e. The number of benzene rings is 2. The normalized spacial score (nSPS) is 10.9. The van der Waals surface area contributed by atoms with Crippen LogP contribution in [0.25, 0.3) is 11.8 Å². The van der Waals surface area contributed by atoms with Crippen molar-refractivity contribution in [2.45, 2.75) is 6.54 Å². The van der Waals surface area contributed by atoms with E-state index < -0.39 is 28.8 Å². The van der Waals surface area contributed by atoms with Gasteiger partial charge in [-0.15, -0.1) is 0 Å². The third kappa shape index (κ3) is 4.50. The van der Waals surface area contributed by atoms with Gasteiger partial charge in [-0.25, -0.2) is 17.6 Å². The number of nitrogens with one attached hydrogen (secondary N) is 1. The highest BCUT2D eigenvalue weighted by Gasteiger charge is 2.20. The van der Waals surface area contributed by atoms with Gasteiger partial charge in [0, 0.05) is 23.5 Å². The average Bonchev–Trinajstić information content (AvgIpc) is 2.60. The van der Waals surface area contributed by atoms with Crippen molar-refractivity contribution in [2.24, 2.45) is 5.73 Å². The third-order valence-electron chi connectivity index (χ3n) is 3.40. The Morgan fingerprint density at radius 2 is 1.64 bits per heavy atom. The van der Waals surface area contributed by atoms with Gasteiger partial charge >= 0.3 is 0 Å². The summed E-state index contributed by atoms with van der Waals surface area (Å²) >= 11 is 0. The Kier molecular flexibility index (Phi) is 5.64. The van der Waals surface area contributed by atoms with Gasteiger partial charge in [0.15, 0.2) is 23.3 Å². The summed E-state index contributed by atoms with van der Waals surface area (Å²) in [7, 11) is 0. The van der Waals surface area contributed by atoms with Crippen molar-refractivity contribution in [2.75, 3.05) is 0 Å². The van der Waals surface area contributed by atoms with E-state index in [0.717, 1.165) is 11.1 Å². The van der Waals surface area contributed by atoms with E-state index in [1.807, 2.05) is 12.1 Å². The summed E-state index contributed by atoms with van der Waals surface area (Å²) in [4.78, 5) is 0. The first kappa shape index (κ1) is 18.3. The second-order valence-corrected chi connectivity index (χ2v) is 5.33. The van der Waals surface area contributed by atoms with Crippen LogP contribution < -0.4 is 11.1 Å². The Morgan fingerprint density at radius 1 is 1.00 bits per heavy atom. The molecule has 0 atom stereocenters. The van der Waals surface area contributed by atoms with Crippen LogP contribution in [-0.2, 0) is 6.54 Å².